The predicted octanol–water partition coefficient (Wildman–Crippen LogP) is 2.20. The number of halogens is 1. The van der Waals surface area contributed by atoms with Crippen LogP contribution in [-0.2, 0) is 5.54 Å². The lowest BCUT2D eigenvalue weighted by Gasteiger charge is -2.17. The zero-order chi connectivity index (χ0) is 10.2. The van der Waals surface area contributed by atoms with Crippen LogP contribution in [-0.4, -0.2) is 14.7 Å². The molecule has 0 saturated carbocycles. The molecule has 72 valence electrons. The van der Waals surface area contributed by atoms with Gasteiger partial charge in [0.2, 0.25) is 5.15 Å². The SMILES string of the molecule is CC(C)(C)n1cc([N+](=O)[O-])c(Cl)n1. The molecule has 0 radical (unpaired) electrons. The zero-order valence-corrected chi connectivity index (χ0v) is 8.37. The van der Waals surface area contributed by atoms with Gasteiger partial charge < -0.3 is 0 Å². The molecule has 0 fully saturated rings. The second-order valence-electron chi connectivity index (χ2n) is 3.68. The van der Waals surface area contributed by atoms with E-state index >= 15 is 0 Å². The Balaban J connectivity index is 3.17. The van der Waals surface area contributed by atoms with E-state index in [-0.39, 0.29) is 16.4 Å². The van der Waals surface area contributed by atoms with E-state index in [1.54, 1.807) is 0 Å². The summed E-state index contributed by atoms with van der Waals surface area (Å²) in [4.78, 5) is 9.89. The van der Waals surface area contributed by atoms with Gasteiger partial charge in [-0.2, -0.15) is 5.10 Å². The fourth-order valence-corrected chi connectivity index (χ4v) is 1.01. The first-order chi connectivity index (χ1) is 5.82. The minimum Gasteiger partial charge on any atom is -0.259 e. The highest BCUT2D eigenvalue weighted by molar-refractivity contribution is 6.31. The van der Waals surface area contributed by atoms with Crippen LogP contribution in [0.25, 0.3) is 0 Å². The molecule has 0 saturated heterocycles. The highest BCUT2D eigenvalue weighted by atomic mass is 35.5. The van der Waals surface area contributed by atoms with Crippen molar-refractivity contribution in [2.75, 3.05) is 0 Å². The summed E-state index contributed by atoms with van der Waals surface area (Å²) in [6.45, 7) is 5.67. The highest BCUT2D eigenvalue weighted by Gasteiger charge is 2.22. The average Bonchev–Trinajstić information content (AvgIpc) is 2.29. The van der Waals surface area contributed by atoms with E-state index in [4.69, 9.17) is 11.6 Å². The second-order valence-corrected chi connectivity index (χ2v) is 4.04. The van der Waals surface area contributed by atoms with Gasteiger partial charge in [0.15, 0.2) is 0 Å². The molecule has 0 aliphatic carbocycles. The topological polar surface area (TPSA) is 61.0 Å². The summed E-state index contributed by atoms with van der Waals surface area (Å²) in [5.74, 6) is 0. The molecular weight excluding hydrogens is 194 g/mol. The van der Waals surface area contributed by atoms with Crippen LogP contribution in [0.4, 0.5) is 5.69 Å². The Bertz CT molecular complexity index is 340. The van der Waals surface area contributed by atoms with Crippen molar-refractivity contribution in [2.24, 2.45) is 0 Å². The molecule has 1 aromatic rings. The third-order valence-corrected chi connectivity index (χ3v) is 1.80. The fraction of sp³-hybridized carbons (Fsp3) is 0.571. The van der Waals surface area contributed by atoms with Gasteiger partial charge in [-0.05, 0) is 20.8 Å². The van der Waals surface area contributed by atoms with E-state index in [0.717, 1.165) is 0 Å². The first kappa shape index (κ1) is 9.98. The van der Waals surface area contributed by atoms with Gasteiger partial charge in [-0.1, -0.05) is 11.6 Å². The number of hydrogen-bond acceptors (Lipinski definition) is 3. The van der Waals surface area contributed by atoms with Gasteiger partial charge in [0.05, 0.1) is 10.5 Å². The molecule has 0 N–H and O–H groups in total. The van der Waals surface area contributed by atoms with Crippen LogP contribution < -0.4 is 0 Å². The van der Waals surface area contributed by atoms with E-state index in [2.05, 4.69) is 5.10 Å². The molecule has 0 atom stereocenters. The van der Waals surface area contributed by atoms with Crippen molar-refractivity contribution in [2.45, 2.75) is 26.3 Å². The Labute approximate surface area is 80.5 Å². The summed E-state index contributed by atoms with van der Waals surface area (Å²) >= 11 is 5.57. The summed E-state index contributed by atoms with van der Waals surface area (Å²) in [5.41, 5.74) is -0.450. The van der Waals surface area contributed by atoms with Gasteiger partial charge in [0.25, 0.3) is 0 Å². The van der Waals surface area contributed by atoms with Gasteiger partial charge >= 0.3 is 5.69 Å². The molecule has 6 heteroatoms. The van der Waals surface area contributed by atoms with Crippen molar-refractivity contribution >= 4 is 17.3 Å². The Hall–Kier alpha value is -1.10. The molecule has 0 spiro atoms. The molecule has 1 rings (SSSR count). The standard InChI is InChI=1S/C7H10ClN3O2/c1-7(2,3)10-4-5(11(12)13)6(8)9-10/h4H,1-3H3. The molecule has 0 aliphatic heterocycles. The quantitative estimate of drug-likeness (QED) is 0.519. The Kier molecular flexibility index (Phi) is 2.30. The number of hydrogen-bond donors (Lipinski definition) is 0. The number of aromatic nitrogens is 2. The van der Waals surface area contributed by atoms with Crippen LogP contribution in [0, 0.1) is 10.1 Å². The van der Waals surface area contributed by atoms with E-state index in [1.165, 1.54) is 10.9 Å². The third kappa shape index (κ3) is 1.98. The maximum atomic E-state index is 10.4. The molecule has 1 heterocycles. The molecule has 0 aliphatic rings. The number of rotatable bonds is 1. The van der Waals surface area contributed by atoms with E-state index in [0.29, 0.717) is 0 Å². The van der Waals surface area contributed by atoms with Gasteiger partial charge in [-0.3, -0.25) is 14.8 Å². The number of nitro groups is 1. The van der Waals surface area contributed by atoms with Crippen LogP contribution in [0.5, 0.6) is 0 Å². The lowest BCUT2D eigenvalue weighted by Crippen LogP contribution is -2.22. The van der Waals surface area contributed by atoms with E-state index in [1.807, 2.05) is 20.8 Å². The van der Waals surface area contributed by atoms with Gasteiger partial charge in [-0.25, -0.2) is 0 Å². The minimum atomic E-state index is -0.544. The third-order valence-electron chi connectivity index (χ3n) is 1.54. The van der Waals surface area contributed by atoms with Crippen LogP contribution in [0.2, 0.25) is 5.15 Å². The molecule has 5 nitrogen and oxygen atoms in total. The summed E-state index contributed by atoms with van der Waals surface area (Å²) in [7, 11) is 0. The van der Waals surface area contributed by atoms with E-state index < -0.39 is 4.92 Å². The molecule has 0 amide bonds. The van der Waals surface area contributed by atoms with Crippen molar-refractivity contribution in [3.8, 4) is 0 Å². The van der Waals surface area contributed by atoms with Crippen LogP contribution >= 0.6 is 11.6 Å². The minimum absolute atomic E-state index is 0.0695. The lowest BCUT2D eigenvalue weighted by atomic mass is 10.1. The van der Waals surface area contributed by atoms with Gasteiger partial charge in [-0.15, -0.1) is 0 Å². The largest absolute Gasteiger partial charge is 0.325 e. The Morgan fingerprint density at radius 1 is 1.62 bits per heavy atom. The maximum absolute atomic E-state index is 10.4. The molecule has 0 bridgehead atoms. The van der Waals surface area contributed by atoms with Crippen molar-refractivity contribution in [1.29, 1.82) is 0 Å². The lowest BCUT2D eigenvalue weighted by molar-refractivity contribution is -0.384. The Morgan fingerprint density at radius 2 is 2.15 bits per heavy atom. The average molecular weight is 204 g/mol. The summed E-state index contributed by atoms with van der Waals surface area (Å²) < 4.78 is 1.48. The first-order valence-electron chi connectivity index (χ1n) is 3.72. The zero-order valence-electron chi connectivity index (χ0n) is 7.61. The molecule has 1 aromatic heterocycles. The monoisotopic (exact) mass is 203 g/mol. The first-order valence-corrected chi connectivity index (χ1v) is 4.10. The van der Waals surface area contributed by atoms with Gasteiger partial charge in [0, 0.05) is 0 Å². The van der Waals surface area contributed by atoms with Crippen molar-refractivity contribution in [1.82, 2.24) is 9.78 Å². The molecule has 0 aromatic carbocycles. The number of nitrogens with zero attached hydrogens (tertiary/aromatic N) is 3. The second kappa shape index (κ2) is 2.99. The van der Waals surface area contributed by atoms with Crippen LogP contribution in [0.15, 0.2) is 6.20 Å². The molecule has 13 heavy (non-hydrogen) atoms. The van der Waals surface area contributed by atoms with Crippen molar-refractivity contribution in [3.63, 3.8) is 0 Å². The van der Waals surface area contributed by atoms with Crippen LogP contribution in [0.1, 0.15) is 20.8 Å². The van der Waals surface area contributed by atoms with Gasteiger partial charge in [0.1, 0.15) is 6.20 Å². The smallest absolute Gasteiger partial charge is 0.259 e. The summed E-state index contributed by atoms with van der Waals surface area (Å²) in [5, 5.41) is 14.2. The molecule has 0 unspecified atom stereocenters. The normalized spacial score (nSPS) is 11.7. The van der Waals surface area contributed by atoms with Crippen molar-refractivity contribution in [3.05, 3.63) is 21.5 Å². The predicted molar refractivity (Wildman–Crippen MR) is 48.9 cm³/mol. The molecular formula is C7H10ClN3O2. The summed E-state index contributed by atoms with van der Waals surface area (Å²) in [6.07, 6.45) is 1.34. The maximum Gasteiger partial charge on any atom is 0.325 e. The van der Waals surface area contributed by atoms with Crippen LogP contribution in [0.3, 0.4) is 0 Å². The Morgan fingerprint density at radius 3 is 2.38 bits per heavy atom. The van der Waals surface area contributed by atoms with Crippen molar-refractivity contribution < 1.29 is 4.92 Å². The van der Waals surface area contributed by atoms with E-state index in [9.17, 15) is 10.1 Å². The summed E-state index contributed by atoms with van der Waals surface area (Å²) in [6, 6.07) is 0. The fourth-order valence-electron chi connectivity index (χ4n) is 0.810. The highest BCUT2D eigenvalue weighted by Crippen LogP contribution is 2.25.